The highest BCUT2D eigenvalue weighted by Gasteiger charge is 2.07. The van der Waals surface area contributed by atoms with Crippen LogP contribution in [0.25, 0.3) is 0 Å². The molecule has 0 saturated carbocycles. The lowest BCUT2D eigenvalue weighted by molar-refractivity contribution is 0.425. The lowest BCUT2D eigenvalue weighted by Gasteiger charge is -2.13. The molecular formula is C20H23N5O. The van der Waals surface area contributed by atoms with Crippen molar-refractivity contribution in [2.24, 2.45) is 0 Å². The highest BCUT2D eigenvalue weighted by molar-refractivity contribution is 5.63. The van der Waals surface area contributed by atoms with E-state index in [4.69, 9.17) is 4.74 Å². The van der Waals surface area contributed by atoms with Crippen molar-refractivity contribution in [3.8, 4) is 11.5 Å². The first-order chi connectivity index (χ1) is 12.7. The van der Waals surface area contributed by atoms with Crippen molar-refractivity contribution >= 4 is 17.5 Å². The molecule has 0 saturated heterocycles. The predicted molar refractivity (Wildman–Crippen MR) is 105 cm³/mol. The van der Waals surface area contributed by atoms with Gasteiger partial charge in [0.2, 0.25) is 5.95 Å². The molecule has 0 aliphatic rings. The van der Waals surface area contributed by atoms with Crippen LogP contribution in [0.5, 0.6) is 11.5 Å². The predicted octanol–water partition coefficient (Wildman–Crippen LogP) is 3.99. The monoisotopic (exact) mass is 349 g/mol. The van der Waals surface area contributed by atoms with Crippen LogP contribution >= 0.6 is 0 Å². The third kappa shape index (κ3) is 5.19. The van der Waals surface area contributed by atoms with E-state index in [1.54, 1.807) is 6.20 Å². The van der Waals surface area contributed by atoms with E-state index < -0.39 is 0 Å². The van der Waals surface area contributed by atoms with Gasteiger partial charge in [0.25, 0.3) is 0 Å². The number of hydrogen-bond acceptors (Lipinski definition) is 6. The Labute approximate surface area is 153 Å². The van der Waals surface area contributed by atoms with Crippen LogP contribution in [0.1, 0.15) is 0 Å². The van der Waals surface area contributed by atoms with Crippen molar-refractivity contribution in [3.63, 3.8) is 0 Å². The number of hydrogen-bond donors (Lipinski definition) is 2. The van der Waals surface area contributed by atoms with Crippen molar-refractivity contribution in [1.29, 1.82) is 0 Å². The largest absolute Gasteiger partial charge is 0.455 e. The van der Waals surface area contributed by atoms with Crippen LogP contribution in [0, 0.1) is 0 Å². The highest BCUT2D eigenvalue weighted by Crippen LogP contribution is 2.30. The summed E-state index contributed by atoms with van der Waals surface area (Å²) in [6.07, 6.45) is 1.73. The Morgan fingerprint density at radius 3 is 2.54 bits per heavy atom. The number of anilines is 3. The number of likely N-dealkylation sites (N-methyl/N-ethyl adjacent to an activating group) is 1. The molecule has 2 aromatic carbocycles. The van der Waals surface area contributed by atoms with E-state index in [1.807, 2.05) is 74.8 Å². The van der Waals surface area contributed by atoms with E-state index >= 15 is 0 Å². The molecule has 0 atom stereocenters. The molecule has 134 valence electrons. The van der Waals surface area contributed by atoms with Crippen LogP contribution in [-0.2, 0) is 0 Å². The Balaban J connectivity index is 1.71. The maximum Gasteiger partial charge on any atom is 0.229 e. The number of benzene rings is 2. The lowest BCUT2D eigenvalue weighted by atomic mass is 10.3. The van der Waals surface area contributed by atoms with E-state index in [2.05, 4.69) is 25.5 Å². The molecule has 0 spiro atoms. The van der Waals surface area contributed by atoms with Gasteiger partial charge in [-0.1, -0.05) is 30.3 Å². The van der Waals surface area contributed by atoms with Crippen LogP contribution in [-0.4, -0.2) is 42.1 Å². The molecule has 0 bridgehead atoms. The second-order valence-electron chi connectivity index (χ2n) is 6.03. The van der Waals surface area contributed by atoms with Crippen LogP contribution in [0.4, 0.5) is 17.5 Å². The molecule has 0 aliphatic heterocycles. The molecule has 3 rings (SSSR count). The van der Waals surface area contributed by atoms with Gasteiger partial charge in [0.15, 0.2) is 5.75 Å². The third-order valence-electron chi connectivity index (χ3n) is 3.63. The molecule has 3 aromatic rings. The Bertz CT molecular complexity index is 823. The van der Waals surface area contributed by atoms with Crippen LogP contribution in [0.15, 0.2) is 66.9 Å². The van der Waals surface area contributed by atoms with Gasteiger partial charge in [-0.2, -0.15) is 4.98 Å². The zero-order valence-corrected chi connectivity index (χ0v) is 15.0. The van der Waals surface area contributed by atoms with Crippen molar-refractivity contribution in [3.05, 3.63) is 66.9 Å². The molecule has 0 fully saturated rings. The Morgan fingerprint density at radius 2 is 1.73 bits per heavy atom. The summed E-state index contributed by atoms with van der Waals surface area (Å²) in [5.74, 6) is 2.80. The number of para-hydroxylation sites is 3. The van der Waals surface area contributed by atoms with E-state index in [0.29, 0.717) is 11.7 Å². The molecule has 0 amide bonds. The summed E-state index contributed by atoms with van der Waals surface area (Å²) in [6.45, 7) is 1.75. The molecule has 6 nitrogen and oxygen atoms in total. The smallest absolute Gasteiger partial charge is 0.229 e. The first-order valence-electron chi connectivity index (χ1n) is 8.51. The maximum atomic E-state index is 5.96. The Kier molecular flexibility index (Phi) is 6.01. The van der Waals surface area contributed by atoms with Gasteiger partial charge in [-0.05, 0) is 44.4 Å². The first kappa shape index (κ1) is 17.7. The van der Waals surface area contributed by atoms with Crippen molar-refractivity contribution in [2.45, 2.75) is 0 Å². The summed E-state index contributed by atoms with van der Waals surface area (Å²) in [4.78, 5) is 10.9. The average Bonchev–Trinajstić information content (AvgIpc) is 2.64. The molecule has 1 heterocycles. The minimum Gasteiger partial charge on any atom is -0.455 e. The number of ether oxygens (including phenoxy) is 1. The SMILES string of the molecule is CN(C)CCNc1ccnc(Nc2ccccc2Oc2ccccc2)n1. The third-order valence-corrected chi connectivity index (χ3v) is 3.63. The standard InChI is InChI=1S/C20H23N5O/c1-25(2)15-14-21-19-12-13-22-20(24-19)23-17-10-6-7-11-18(17)26-16-8-4-3-5-9-16/h3-13H,14-15H2,1-2H3,(H2,21,22,23,24). The van der Waals surface area contributed by atoms with E-state index in [9.17, 15) is 0 Å². The normalized spacial score (nSPS) is 10.6. The summed E-state index contributed by atoms with van der Waals surface area (Å²) in [6, 6.07) is 19.3. The number of rotatable bonds is 8. The Hall–Kier alpha value is -3.12. The number of aromatic nitrogens is 2. The summed E-state index contributed by atoms with van der Waals surface area (Å²) in [5.41, 5.74) is 0.807. The number of nitrogens with one attached hydrogen (secondary N) is 2. The van der Waals surface area contributed by atoms with Gasteiger partial charge in [-0.3, -0.25) is 0 Å². The fourth-order valence-electron chi connectivity index (χ4n) is 2.32. The van der Waals surface area contributed by atoms with Gasteiger partial charge < -0.3 is 20.3 Å². The van der Waals surface area contributed by atoms with Gasteiger partial charge in [0, 0.05) is 19.3 Å². The zero-order valence-electron chi connectivity index (χ0n) is 15.0. The quantitative estimate of drug-likeness (QED) is 0.641. The topological polar surface area (TPSA) is 62.3 Å². The molecular weight excluding hydrogens is 326 g/mol. The van der Waals surface area contributed by atoms with Gasteiger partial charge >= 0.3 is 0 Å². The van der Waals surface area contributed by atoms with Crippen molar-refractivity contribution in [2.75, 3.05) is 37.8 Å². The van der Waals surface area contributed by atoms with E-state index in [-0.39, 0.29) is 0 Å². The fourth-order valence-corrected chi connectivity index (χ4v) is 2.32. The summed E-state index contributed by atoms with van der Waals surface area (Å²) >= 11 is 0. The molecule has 26 heavy (non-hydrogen) atoms. The fraction of sp³-hybridized carbons (Fsp3) is 0.200. The number of nitrogens with zero attached hydrogens (tertiary/aromatic N) is 3. The Morgan fingerprint density at radius 1 is 0.962 bits per heavy atom. The lowest BCUT2D eigenvalue weighted by Crippen LogP contribution is -2.21. The summed E-state index contributed by atoms with van der Waals surface area (Å²) in [5, 5.41) is 6.53. The molecule has 2 N–H and O–H groups in total. The van der Waals surface area contributed by atoms with Gasteiger partial charge in [-0.15, -0.1) is 0 Å². The second-order valence-corrected chi connectivity index (χ2v) is 6.03. The molecule has 1 aromatic heterocycles. The molecule has 0 unspecified atom stereocenters. The second kappa shape index (κ2) is 8.82. The first-order valence-corrected chi connectivity index (χ1v) is 8.51. The molecule has 6 heteroatoms. The highest BCUT2D eigenvalue weighted by atomic mass is 16.5. The van der Waals surface area contributed by atoms with Crippen LogP contribution < -0.4 is 15.4 Å². The molecule has 0 aliphatic carbocycles. The molecule has 0 radical (unpaired) electrons. The van der Waals surface area contributed by atoms with Gasteiger partial charge in [0.05, 0.1) is 5.69 Å². The van der Waals surface area contributed by atoms with Crippen LogP contribution in [0.3, 0.4) is 0 Å². The zero-order chi connectivity index (χ0) is 18.2. The minimum absolute atomic E-state index is 0.518. The van der Waals surface area contributed by atoms with E-state index in [0.717, 1.165) is 30.3 Å². The van der Waals surface area contributed by atoms with Crippen LogP contribution in [0.2, 0.25) is 0 Å². The van der Waals surface area contributed by atoms with Crippen molar-refractivity contribution in [1.82, 2.24) is 14.9 Å². The summed E-state index contributed by atoms with van der Waals surface area (Å²) < 4.78 is 5.96. The maximum absolute atomic E-state index is 5.96. The average molecular weight is 349 g/mol. The van der Waals surface area contributed by atoms with Gasteiger partial charge in [0.1, 0.15) is 11.6 Å². The summed E-state index contributed by atoms with van der Waals surface area (Å²) in [7, 11) is 4.08. The van der Waals surface area contributed by atoms with E-state index in [1.165, 1.54) is 0 Å². The van der Waals surface area contributed by atoms with Crippen molar-refractivity contribution < 1.29 is 4.74 Å². The minimum atomic E-state index is 0.518. The van der Waals surface area contributed by atoms with Gasteiger partial charge in [-0.25, -0.2) is 4.98 Å².